The van der Waals surface area contributed by atoms with E-state index in [9.17, 15) is 4.79 Å². The van der Waals surface area contributed by atoms with Crippen molar-refractivity contribution in [3.05, 3.63) is 29.3 Å². The van der Waals surface area contributed by atoms with Crippen LogP contribution in [0.5, 0.6) is 0 Å². The molecule has 0 saturated heterocycles. The zero-order chi connectivity index (χ0) is 12.0. The van der Waals surface area contributed by atoms with E-state index in [1.807, 2.05) is 0 Å². The quantitative estimate of drug-likeness (QED) is 0.724. The lowest BCUT2D eigenvalue weighted by atomic mass is 10.3. The molecule has 0 aliphatic heterocycles. The zero-order valence-corrected chi connectivity index (χ0v) is 10.1. The van der Waals surface area contributed by atoms with E-state index in [2.05, 4.69) is 22.9 Å². The lowest BCUT2D eigenvalue weighted by Crippen LogP contribution is -2.31. The topological polar surface area (TPSA) is 67.1 Å². The molecule has 0 aliphatic carbocycles. The van der Waals surface area contributed by atoms with Gasteiger partial charge in [-0.3, -0.25) is 0 Å². The van der Waals surface area contributed by atoms with Gasteiger partial charge in [-0.05, 0) is 18.2 Å². The van der Waals surface area contributed by atoms with Crippen LogP contribution < -0.4 is 16.4 Å². The number of amides is 2. The molecule has 6 heteroatoms. The summed E-state index contributed by atoms with van der Waals surface area (Å²) in [6.07, 6.45) is 0.484. The second-order valence-corrected chi connectivity index (χ2v) is 4.07. The van der Waals surface area contributed by atoms with Crippen LogP contribution in [-0.4, -0.2) is 17.6 Å². The number of anilines is 1. The predicted octanol–water partition coefficient (Wildman–Crippen LogP) is 2.14. The van der Waals surface area contributed by atoms with Crippen LogP contribution in [0, 0.1) is 0 Å². The molecule has 4 nitrogen and oxygen atoms in total. The highest BCUT2D eigenvalue weighted by Gasteiger charge is 2.01. The first-order valence-electron chi connectivity index (χ1n) is 4.66. The van der Waals surface area contributed by atoms with Gasteiger partial charge in [0.15, 0.2) is 0 Å². The Morgan fingerprint density at radius 2 is 2.25 bits per heavy atom. The number of halogens is 1. The van der Waals surface area contributed by atoms with Gasteiger partial charge in [-0.1, -0.05) is 29.9 Å². The number of carbonyl (C=O) groups is 1. The third kappa shape index (κ3) is 4.95. The van der Waals surface area contributed by atoms with Gasteiger partial charge in [0.2, 0.25) is 0 Å². The highest BCUT2D eigenvalue weighted by Crippen LogP contribution is 2.14. The maximum atomic E-state index is 11.4. The third-order valence-corrected chi connectivity index (χ3v) is 2.18. The van der Waals surface area contributed by atoms with Gasteiger partial charge in [0.25, 0.3) is 0 Å². The maximum absolute atomic E-state index is 11.4. The highest BCUT2D eigenvalue weighted by molar-refractivity contribution is 7.80. The Bertz CT molecular complexity index is 397. The van der Waals surface area contributed by atoms with Crippen molar-refractivity contribution in [2.75, 3.05) is 11.9 Å². The van der Waals surface area contributed by atoms with Crippen LogP contribution in [0.2, 0.25) is 5.02 Å². The molecule has 1 aromatic carbocycles. The van der Waals surface area contributed by atoms with E-state index in [1.165, 1.54) is 0 Å². The third-order valence-electron chi connectivity index (χ3n) is 1.74. The van der Waals surface area contributed by atoms with Gasteiger partial charge in [0.05, 0.1) is 4.99 Å². The number of nitrogens with two attached hydrogens (primary N) is 1. The van der Waals surface area contributed by atoms with E-state index >= 15 is 0 Å². The monoisotopic (exact) mass is 257 g/mol. The van der Waals surface area contributed by atoms with Crippen LogP contribution in [0.1, 0.15) is 6.42 Å². The summed E-state index contributed by atoms with van der Waals surface area (Å²) in [6, 6.07) is 6.59. The van der Waals surface area contributed by atoms with Gasteiger partial charge in [-0.2, -0.15) is 0 Å². The Labute approximate surface area is 104 Å². The summed E-state index contributed by atoms with van der Waals surface area (Å²) >= 11 is 10.5. The molecule has 1 rings (SSSR count). The molecule has 0 spiro atoms. The first-order valence-corrected chi connectivity index (χ1v) is 5.45. The summed E-state index contributed by atoms with van der Waals surface area (Å²) in [6.45, 7) is 0.418. The van der Waals surface area contributed by atoms with Crippen LogP contribution in [0.15, 0.2) is 24.3 Å². The van der Waals surface area contributed by atoms with Crippen molar-refractivity contribution in [1.82, 2.24) is 5.32 Å². The summed E-state index contributed by atoms with van der Waals surface area (Å²) in [7, 11) is 0. The number of urea groups is 1. The normalized spacial score (nSPS) is 9.56. The molecule has 0 aromatic heterocycles. The number of carbonyl (C=O) groups excluding carboxylic acids is 1. The average molecular weight is 258 g/mol. The molecule has 2 amide bonds. The van der Waals surface area contributed by atoms with Crippen LogP contribution in [0.3, 0.4) is 0 Å². The molecule has 0 saturated carbocycles. The van der Waals surface area contributed by atoms with Gasteiger partial charge >= 0.3 is 6.03 Å². The largest absolute Gasteiger partial charge is 0.393 e. The minimum absolute atomic E-state index is 0.307. The molecule has 0 bridgehead atoms. The van der Waals surface area contributed by atoms with E-state index in [0.29, 0.717) is 28.7 Å². The number of hydrogen-bond acceptors (Lipinski definition) is 2. The van der Waals surface area contributed by atoms with Crippen LogP contribution in [-0.2, 0) is 0 Å². The first-order chi connectivity index (χ1) is 7.58. The van der Waals surface area contributed by atoms with E-state index in [1.54, 1.807) is 24.3 Å². The van der Waals surface area contributed by atoms with Gasteiger partial charge in [-0.15, -0.1) is 0 Å². The lowest BCUT2D eigenvalue weighted by Gasteiger charge is -2.07. The Balaban J connectivity index is 2.37. The SMILES string of the molecule is NC(=S)CCNC(=O)Nc1cccc(Cl)c1. The molecular weight excluding hydrogens is 246 g/mol. The van der Waals surface area contributed by atoms with Gasteiger partial charge in [0.1, 0.15) is 0 Å². The molecule has 16 heavy (non-hydrogen) atoms. The number of nitrogens with one attached hydrogen (secondary N) is 2. The van der Waals surface area contributed by atoms with Crippen LogP contribution in [0.4, 0.5) is 10.5 Å². The number of hydrogen-bond donors (Lipinski definition) is 3. The number of benzene rings is 1. The van der Waals surface area contributed by atoms with Crippen molar-refractivity contribution < 1.29 is 4.79 Å². The standard InChI is InChI=1S/C10H12ClN3OS/c11-7-2-1-3-8(6-7)14-10(15)13-5-4-9(12)16/h1-3,6H,4-5H2,(H2,12,16)(H2,13,14,15). The minimum atomic E-state index is -0.307. The van der Waals surface area contributed by atoms with E-state index in [4.69, 9.17) is 17.3 Å². The fraction of sp³-hybridized carbons (Fsp3) is 0.200. The van der Waals surface area contributed by atoms with E-state index in [-0.39, 0.29) is 6.03 Å². The van der Waals surface area contributed by atoms with Gasteiger partial charge in [0, 0.05) is 23.7 Å². The average Bonchev–Trinajstić information content (AvgIpc) is 2.16. The molecule has 0 aliphatic rings. The second-order valence-electron chi connectivity index (χ2n) is 3.11. The van der Waals surface area contributed by atoms with Crippen molar-refractivity contribution in [2.24, 2.45) is 5.73 Å². The second kappa shape index (κ2) is 6.30. The first kappa shape index (κ1) is 12.7. The lowest BCUT2D eigenvalue weighted by molar-refractivity contribution is 0.252. The highest BCUT2D eigenvalue weighted by atomic mass is 35.5. The van der Waals surface area contributed by atoms with Gasteiger partial charge < -0.3 is 16.4 Å². The molecule has 0 fully saturated rings. The Morgan fingerprint density at radius 1 is 1.50 bits per heavy atom. The zero-order valence-electron chi connectivity index (χ0n) is 8.50. The Hall–Kier alpha value is -1.33. The van der Waals surface area contributed by atoms with E-state index < -0.39 is 0 Å². The van der Waals surface area contributed by atoms with Crippen molar-refractivity contribution in [3.63, 3.8) is 0 Å². The van der Waals surface area contributed by atoms with Crippen molar-refractivity contribution in [3.8, 4) is 0 Å². The molecule has 4 N–H and O–H groups in total. The summed E-state index contributed by atoms with van der Waals surface area (Å²) in [5.74, 6) is 0. The fourth-order valence-electron chi connectivity index (χ4n) is 1.04. The summed E-state index contributed by atoms with van der Waals surface area (Å²) in [5.41, 5.74) is 5.93. The predicted molar refractivity (Wildman–Crippen MR) is 69.9 cm³/mol. The van der Waals surface area contributed by atoms with Crippen LogP contribution >= 0.6 is 23.8 Å². The molecule has 1 aromatic rings. The Kier molecular flexibility index (Phi) is 5.01. The van der Waals surface area contributed by atoms with Crippen molar-refractivity contribution in [2.45, 2.75) is 6.42 Å². The number of rotatable bonds is 4. The van der Waals surface area contributed by atoms with E-state index in [0.717, 1.165) is 0 Å². The van der Waals surface area contributed by atoms with Crippen molar-refractivity contribution in [1.29, 1.82) is 0 Å². The van der Waals surface area contributed by atoms with Gasteiger partial charge in [-0.25, -0.2) is 4.79 Å². The minimum Gasteiger partial charge on any atom is -0.393 e. The molecule has 0 heterocycles. The summed E-state index contributed by atoms with van der Waals surface area (Å²) in [5, 5.41) is 5.83. The molecule has 0 atom stereocenters. The molecular formula is C10H12ClN3OS. The Morgan fingerprint density at radius 3 is 2.88 bits per heavy atom. The van der Waals surface area contributed by atoms with Crippen LogP contribution in [0.25, 0.3) is 0 Å². The molecule has 0 radical (unpaired) electrons. The molecule has 0 unspecified atom stereocenters. The fourth-order valence-corrected chi connectivity index (χ4v) is 1.33. The molecule has 86 valence electrons. The summed E-state index contributed by atoms with van der Waals surface area (Å²) in [4.78, 5) is 11.7. The maximum Gasteiger partial charge on any atom is 0.319 e. The number of thiocarbonyl (C=S) groups is 1. The smallest absolute Gasteiger partial charge is 0.319 e. The van der Waals surface area contributed by atoms with Crippen molar-refractivity contribution >= 4 is 40.5 Å². The summed E-state index contributed by atoms with van der Waals surface area (Å²) < 4.78 is 0.